The van der Waals surface area contributed by atoms with Gasteiger partial charge in [-0.1, -0.05) is 54.5 Å². The predicted molar refractivity (Wildman–Crippen MR) is 85.6 cm³/mol. The highest BCUT2D eigenvalue weighted by Crippen LogP contribution is 2.46. The van der Waals surface area contributed by atoms with Gasteiger partial charge in [0.25, 0.3) is 0 Å². The molecule has 0 fully saturated rings. The second-order valence-corrected chi connectivity index (χ2v) is 6.55. The lowest BCUT2D eigenvalue weighted by Gasteiger charge is -2.22. The fourth-order valence-corrected chi connectivity index (χ4v) is 2.75. The molecule has 22 heavy (non-hydrogen) atoms. The van der Waals surface area contributed by atoms with Crippen molar-refractivity contribution in [3.63, 3.8) is 0 Å². The fourth-order valence-electron chi connectivity index (χ4n) is 2.75. The van der Waals surface area contributed by atoms with Gasteiger partial charge in [0.2, 0.25) is 0 Å². The molecular weight excluding hydrogens is 338 g/mol. The van der Waals surface area contributed by atoms with Crippen LogP contribution in [0, 0.1) is 11.8 Å². The number of halogens is 1. The molecule has 0 unspecified atom stereocenters. The molecule has 114 valence electrons. The summed E-state index contributed by atoms with van der Waals surface area (Å²) in [5.74, 6) is 6.28. The lowest BCUT2D eigenvalue weighted by Crippen LogP contribution is -3.00. The van der Waals surface area contributed by atoms with Crippen LogP contribution in [0.1, 0.15) is 11.1 Å². The molecule has 0 bridgehead atoms. The number of quaternary nitrogens is 1. The molecule has 0 aromatic heterocycles. The average Bonchev–Trinajstić information content (AvgIpc) is 2.69. The van der Waals surface area contributed by atoms with Gasteiger partial charge in [0.05, 0.1) is 21.1 Å². The maximum Gasteiger partial charge on any atom is 0.178 e. The normalized spacial score (nSPS) is 14.2. The largest absolute Gasteiger partial charge is 1.00 e. The van der Waals surface area contributed by atoms with E-state index in [0.717, 1.165) is 26.7 Å². The summed E-state index contributed by atoms with van der Waals surface area (Å²) in [5, 5.41) is 11.2. The molecule has 0 atom stereocenters. The smallest absolute Gasteiger partial charge is 0.178 e. The topological polar surface area (TPSA) is 20.2 Å². The van der Waals surface area contributed by atoms with E-state index in [0.29, 0.717) is 6.54 Å². The number of hydrogen-bond acceptors (Lipinski definition) is 1. The van der Waals surface area contributed by atoms with E-state index in [-0.39, 0.29) is 17.0 Å². The van der Waals surface area contributed by atoms with Gasteiger partial charge in [-0.2, -0.15) is 0 Å². The standard InChI is InChI=1S/C19H20NO.BrH/c1-20(2,3)14-8-13-19(21)17-11-6-4-9-15(17)16-10-5-7-12-18(16)19;/h4-7,9-12,21H,14H2,1-3H3;1H/q+1;/p-1. The van der Waals surface area contributed by atoms with Gasteiger partial charge in [-0.15, -0.1) is 0 Å². The van der Waals surface area contributed by atoms with Gasteiger partial charge in [0.1, 0.15) is 6.54 Å². The fraction of sp³-hybridized carbons (Fsp3) is 0.263. The summed E-state index contributed by atoms with van der Waals surface area (Å²) >= 11 is 0. The zero-order valence-electron chi connectivity index (χ0n) is 13.1. The third-order valence-corrected chi connectivity index (χ3v) is 3.75. The van der Waals surface area contributed by atoms with E-state index < -0.39 is 5.60 Å². The van der Waals surface area contributed by atoms with Gasteiger partial charge < -0.3 is 26.6 Å². The Morgan fingerprint density at radius 2 is 1.36 bits per heavy atom. The van der Waals surface area contributed by atoms with Gasteiger partial charge in [0.15, 0.2) is 5.60 Å². The molecule has 0 aliphatic heterocycles. The van der Waals surface area contributed by atoms with Crippen LogP contribution in [0.15, 0.2) is 48.5 Å². The second kappa shape index (κ2) is 5.89. The van der Waals surface area contributed by atoms with Crippen molar-refractivity contribution in [3.05, 3.63) is 59.7 Å². The summed E-state index contributed by atoms with van der Waals surface area (Å²) in [6.45, 7) is 0.701. The zero-order chi connectivity index (χ0) is 15.1. The van der Waals surface area contributed by atoms with Gasteiger partial charge in [-0.05, 0) is 17.0 Å². The molecule has 1 aliphatic rings. The maximum absolute atomic E-state index is 11.2. The molecule has 1 N–H and O–H groups in total. The molecule has 3 heteroatoms. The molecule has 3 rings (SSSR count). The van der Waals surface area contributed by atoms with E-state index in [1.807, 2.05) is 48.5 Å². The predicted octanol–water partition coefficient (Wildman–Crippen LogP) is -0.383. The number of aliphatic hydroxyl groups is 1. The Kier molecular flexibility index (Phi) is 4.49. The van der Waals surface area contributed by atoms with Crippen LogP contribution in [0.5, 0.6) is 0 Å². The lowest BCUT2D eigenvalue weighted by molar-refractivity contribution is -0.862. The van der Waals surface area contributed by atoms with Crippen LogP contribution < -0.4 is 17.0 Å². The number of rotatable bonds is 1. The quantitative estimate of drug-likeness (QED) is 0.544. The Morgan fingerprint density at radius 1 is 0.909 bits per heavy atom. The highest BCUT2D eigenvalue weighted by Gasteiger charge is 2.39. The minimum absolute atomic E-state index is 0. The summed E-state index contributed by atoms with van der Waals surface area (Å²) in [6, 6.07) is 15.9. The minimum atomic E-state index is -1.19. The van der Waals surface area contributed by atoms with Crippen molar-refractivity contribution in [2.45, 2.75) is 5.60 Å². The van der Waals surface area contributed by atoms with Crippen LogP contribution in [-0.2, 0) is 5.60 Å². The molecule has 2 aromatic carbocycles. The Morgan fingerprint density at radius 3 is 1.82 bits per heavy atom. The SMILES string of the molecule is C[N+](C)(C)CC#CC1(O)c2ccccc2-c2ccccc21.[Br-]. The first-order valence-electron chi connectivity index (χ1n) is 7.14. The van der Waals surface area contributed by atoms with Crippen molar-refractivity contribution in [2.75, 3.05) is 27.7 Å². The lowest BCUT2D eigenvalue weighted by atomic mass is 9.92. The van der Waals surface area contributed by atoms with E-state index in [9.17, 15) is 5.11 Å². The van der Waals surface area contributed by atoms with E-state index in [1.165, 1.54) is 0 Å². The van der Waals surface area contributed by atoms with Crippen LogP contribution in [0.2, 0.25) is 0 Å². The molecule has 2 aromatic rings. The number of benzene rings is 2. The van der Waals surface area contributed by atoms with Crippen molar-refractivity contribution in [1.82, 2.24) is 0 Å². The van der Waals surface area contributed by atoms with E-state index in [4.69, 9.17) is 0 Å². The molecule has 0 spiro atoms. The monoisotopic (exact) mass is 357 g/mol. The molecule has 1 aliphatic carbocycles. The zero-order valence-corrected chi connectivity index (χ0v) is 14.7. The van der Waals surface area contributed by atoms with Crippen LogP contribution >= 0.6 is 0 Å². The summed E-state index contributed by atoms with van der Waals surface area (Å²) in [5.41, 5.74) is 2.74. The highest BCUT2D eigenvalue weighted by molar-refractivity contribution is 5.81. The highest BCUT2D eigenvalue weighted by atomic mass is 79.9. The molecule has 0 amide bonds. The average molecular weight is 358 g/mol. The third kappa shape index (κ3) is 2.83. The van der Waals surface area contributed by atoms with Crippen molar-refractivity contribution in [1.29, 1.82) is 0 Å². The maximum atomic E-state index is 11.2. The molecule has 0 heterocycles. The second-order valence-electron chi connectivity index (χ2n) is 6.55. The number of nitrogens with zero attached hydrogens (tertiary/aromatic N) is 1. The van der Waals surface area contributed by atoms with Crippen LogP contribution in [-0.4, -0.2) is 37.3 Å². The number of fused-ring (bicyclic) bond motifs is 3. The summed E-state index contributed by atoms with van der Waals surface area (Å²) < 4.78 is 0.756. The molecule has 0 radical (unpaired) electrons. The first-order valence-corrected chi connectivity index (χ1v) is 7.14. The van der Waals surface area contributed by atoms with Crippen molar-refractivity contribution >= 4 is 0 Å². The molecule has 0 saturated carbocycles. The molecule has 0 saturated heterocycles. The van der Waals surface area contributed by atoms with Gasteiger partial charge in [-0.3, -0.25) is 0 Å². The van der Waals surface area contributed by atoms with Crippen molar-refractivity contribution in [2.24, 2.45) is 0 Å². The Hall–Kier alpha value is -1.60. The molecular formula is C19H20BrNO. The van der Waals surface area contributed by atoms with E-state index >= 15 is 0 Å². The molecule has 2 nitrogen and oxygen atoms in total. The van der Waals surface area contributed by atoms with Crippen LogP contribution in [0.25, 0.3) is 11.1 Å². The van der Waals surface area contributed by atoms with Crippen LogP contribution in [0.3, 0.4) is 0 Å². The van der Waals surface area contributed by atoms with Gasteiger partial charge in [-0.25, -0.2) is 0 Å². The van der Waals surface area contributed by atoms with Crippen molar-refractivity contribution < 1.29 is 26.6 Å². The van der Waals surface area contributed by atoms with Gasteiger partial charge >= 0.3 is 0 Å². The minimum Gasteiger partial charge on any atom is -1.00 e. The summed E-state index contributed by atoms with van der Waals surface area (Å²) in [7, 11) is 6.28. The van der Waals surface area contributed by atoms with Crippen LogP contribution in [0.4, 0.5) is 0 Å². The van der Waals surface area contributed by atoms with E-state index in [2.05, 4.69) is 33.0 Å². The van der Waals surface area contributed by atoms with Crippen molar-refractivity contribution in [3.8, 4) is 23.0 Å². The summed E-state index contributed by atoms with van der Waals surface area (Å²) in [4.78, 5) is 0. The Balaban J connectivity index is 0.00000176. The Labute approximate surface area is 142 Å². The Bertz CT molecular complexity index is 704. The first kappa shape index (κ1) is 16.8. The van der Waals surface area contributed by atoms with Gasteiger partial charge in [0, 0.05) is 11.1 Å². The number of hydrogen-bond donors (Lipinski definition) is 1. The summed E-state index contributed by atoms with van der Waals surface area (Å²) in [6.07, 6.45) is 0. The third-order valence-electron chi connectivity index (χ3n) is 3.75. The first-order chi connectivity index (χ1) is 9.92. The van der Waals surface area contributed by atoms with E-state index in [1.54, 1.807) is 0 Å².